The standard InChI is InChI=1S/C11H26N2O/c1-5-7-13(8-10(3)14)11(4,6-2)9-12/h10,14H,5-9,12H2,1-4H3. The van der Waals surface area contributed by atoms with Crippen LogP contribution in [0.4, 0.5) is 0 Å². The summed E-state index contributed by atoms with van der Waals surface area (Å²) in [5, 5.41) is 9.42. The van der Waals surface area contributed by atoms with Gasteiger partial charge in [0.1, 0.15) is 0 Å². The predicted molar refractivity (Wildman–Crippen MR) is 61.3 cm³/mol. The normalized spacial score (nSPS) is 18.2. The van der Waals surface area contributed by atoms with Crippen molar-refractivity contribution < 1.29 is 5.11 Å². The molecule has 0 fully saturated rings. The first-order valence-electron chi connectivity index (χ1n) is 5.63. The maximum absolute atomic E-state index is 9.42. The second-order valence-corrected chi connectivity index (χ2v) is 4.35. The Bertz CT molecular complexity index is 144. The number of rotatable bonds is 7. The van der Waals surface area contributed by atoms with E-state index in [0.29, 0.717) is 6.54 Å². The van der Waals surface area contributed by atoms with Crippen LogP contribution in [0.1, 0.15) is 40.5 Å². The molecule has 0 aromatic carbocycles. The van der Waals surface area contributed by atoms with Crippen molar-refractivity contribution in [2.75, 3.05) is 19.6 Å². The molecule has 0 aliphatic heterocycles. The van der Waals surface area contributed by atoms with E-state index in [4.69, 9.17) is 5.73 Å². The smallest absolute Gasteiger partial charge is 0.0639 e. The summed E-state index contributed by atoms with van der Waals surface area (Å²) in [5.41, 5.74) is 5.84. The molecule has 2 unspecified atom stereocenters. The molecule has 0 spiro atoms. The second kappa shape index (κ2) is 6.38. The molecule has 14 heavy (non-hydrogen) atoms. The van der Waals surface area contributed by atoms with Crippen LogP contribution < -0.4 is 5.73 Å². The molecule has 0 saturated carbocycles. The van der Waals surface area contributed by atoms with Gasteiger partial charge in [0.15, 0.2) is 0 Å². The van der Waals surface area contributed by atoms with Gasteiger partial charge in [-0.3, -0.25) is 4.90 Å². The first-order valence-corrected chi connectivity index (χ1v) is 5.63. The van der Waals surface area contributed by atoms with Gasteiger partial charge in [0.25, 0.3) is 0 Å². The lowest BCUT2D eigenvalue weighted by Gasteiger charge is -2.40. The minimum absolute atomic E-state index is 0.0347. The Kier molecular flexibility index (Phi) is 6.33. The summed E-state index contributed by atoms with van der Waals surface area (Å²) in [6, 6.07) is 0. The van der Waals surface area contributed by atoms with Crippen molar-refractivity contribution in [1.29, 1.82) is 0 Å². The Balaban J connectivity index is 4.43. The van der Waals surface area contributed by atoms with E-state index in [1.165, 1.54) is 0 Å². The highest BCUT2D eigenvalue weighted by Crippen LogP contribution is 2.18. The summed E-state index contributed by atoms with van der Waals surface area (Å²) >= 11 is 0. The minimum Gasteiger partial charge on any atom is -0.392 e. The molecule has 3 nitrogen and oxygen atoms in total. The summed E-state index contributed by atoms with van der Waals surface area (Å²) in [7, 11) is 0. The van der Waals surface area contributed by atoms with E-state index in [-0.39, 0.29) is 11.6 Å². The van der Waals surface area contributed by atoms with Crippen LogP contribution in [0.5, 0.6) is 0 Å². The molecule has 3 heteroatoms. The van der Waals surface area contributed by atoms with Gasteiger partial charge in [0.2, 0.25) is 0 Å². The van der Waals surface area contributed by atoms with Crippen molar-refractivity contribution in [1.82, 2.24) is 4.90 Å². The van der Waals surface area contributed by atoms with Crippen LogP contribution in [0.3, 0.4) is 0 Å². The van der Waals surface area contributed by atoms with E-state index in [1.54, 1.807) is 0 Å². The van der Waals surface area contributed by atoms with Crippen molar-refractivity contribution in [3.63, 3.8) is 0 Å². The van der Waals surface area contributed by atoms with Gasteiger partial charge in [-0.15, -0.1) is 0 Å². The number of nitrogens with zero attached hydrogens (tertiary/aromatic N) is 1. The number of β-amino-alcohol motifs (C(OH)–C–C–N with tert-alkyl or cyclic N) is 1. The Morgan fingerprint density at radius 2 is 2.00 bits per heavy atom. The fourth-order valence-corrected chi connectivity index (χ4v) is 1.67. The number of nitrogens with two attached hydrogens (primary N) is 1. The average molecular weight is 202 g/mol. The molecule has 0 heterocycles. The maximum atomic E-state index is 9.42. The average Bonchev–Trinajstić information content (AvgIpc) is 2.15. The third-order valence-corrected chi connectivity index (χ3v) is 2.94. The van der Waals surface area contributed by atoms with Gasteiger partial charge in [0.05, 0.1) is 6.10 Å². The SMILES string of the molecule is CCCN(CC(C)O)C(C)(CC)CN. The van der Waals surface area contributed by atoms with Crippen molar-refractivity contribution in [3.8, 4) is 0 Å². The van der Waals surface area contributed by atoms with Crippen LogP contribution in [-0.4, -0.2) is 41.3 Å². The van der Waals surface area contributed by atoms with Crippen LogP contribution >= 0.6 is 0 Å². The van der Waals surface area contributed by atoms with Gasteiger partial charge in [0, 0.05) is 18.6 Å². The van der Waals surface area contributed by atoms with Crippen LogP contribution in [0.25, 0.3) is 0 Å². The van der Waals surface area contributed by atoms with Gasteiger partial charge in [-0.2, -0.15) is 0 Å². The van der Waals surface area contributed by atoms with E-state index in [1.807, 2.05) is 6.92 Å². The molecule has 0 radical (unpaired) electrons. The van der Waals surface area contributed by atoms with Gasteiger partial charge in [-0.25, -0.2) is 0 Å². The monoisotopic (exact) mass is 202 g/mol. The highest BCUT2D eigenvalue weighted by Gasteiger charge is 2.28. The summed E-state index contributed by atoms with van der Waals surface area (Å²) in [6.45, 7) is 10.7. The van der Waals surface area contributed by atoms with Crippen molar-refractivity contribution >= 4 is 0 Å². The second-order valence-electron chi connectivity index (χ2n) is 4.35. The third kappa shape index (κ3) is 3.95. The van der Waals surface area contributed by atoms with E-state index >= 15 is 0 Å². The van der Waals surface area contributed by atoms with E-state index in [2.05, 4.69) is 25.7 Å². The largest absolute Gasteiger partial charge is 0.392 e. The van der Waals surface area contributed by atoms with Crippen LogP contribution in [0.15, 0.2) is 0 Å². The van der Waals surface area contributed by atoms with Gasteiger partial charge in [-0.05, 0) is 33.2 Å². The Morgan fingerprint density at radius 1 is 1.43 bits per heavy atom. The molecule has 3 N–H and O–H groups in total. The highest BCUT2D eigenvalue weighted by molar-refractivity contribution is 4.86. The first-order chi connectivity index (χ1) is 6.50. The topological polar surface area (TPSA) is 49.5 Å². The molecule has 0 aliphatic carbocycles. The highest BCUT2D eigenvalue weighted by atomic mass is 16.3. The van der Waals surface area contributed by atoms with Gasteiger partial charge in [-0.1, -0.05) is 13.8 Å². The van der Waals surface area contributed by atoms with Gasteiger partial charge < -0.3 is 10.8 Å². The fourth-order valence-electron chi connectivity index (χ4n) is 1.67. The van der Waals surface area contributed by atoms with Crippen molar-refractivity contribution in [3.05, 3.63) is 0 Å². The molecule has 2 atom stereocenters. The van der Waals surface area contributed by atoms with Crippen molar-refractivity contribution in [2.24, 2.45) is 5.73 Å². The van der Waals surface area contributed by atoms with E-state index in [9.17, 15) is 5.11 Å². The molecule has 0 aromatic heterocycles. The number of hydrogen-bond donors (Lipinski definition) is 2. The van der Waals surface area contributed by atoms with Crippen molar-refractivity contribution in [2.45, 2.75) is 52.2 Å². The fraction of sp³-hybridized carbons (Fsp3) is 1.00. The quantitative estimate of drug-likeness (QED) is 0.652. The lowest BCUT2D eigenvalue weighted by molar-refractivity contribution is 0.0503. The maximum Gasteiger partial charge on any atom is 0.0639 e. The summed E-state index contributed by atoms with van der Waals surface area (Å²) in [6.07, 6.45) is 1.84. The molecule has 0 aromatic rings. The molecule has 0 bridgehead atoms. The van der Waals surface area contributed by atoms with E-state index < -0.39 is 0 Å². The molecule has 0 saturated heterocycles. The van der Waals surface area contributed by atoms with Crippen LogP contribution in [-0.2, 0) is 0 Å². The Labute approximate surface area is 88.3 Å². The number of aliphatic hydroxyl groups excluding tert-OH is 1. The summed E-state index contributed by atoms with van der Waals surface area (Å²) < 4.78 is 0. The van der Waals surface area contributed by atoms with Crippen LogP contribution in [0.2, 0.25) is 0 Å². The zero-order chi connectivity index (χ0) is 11.2. The number of aliphatic hydroxyl groups is 1. The van der Waals surface area contributed by atoms with Crippen LogP contribution in [0, 0.1) is 0 Å². The van der Waals surface area contributed by atoms with E-state index in [0.717, 1.165) is 25.9 Å². The Morgan fingerprint density at radius 3 is 2.29 bits per heavy atom. The third-order valence-electron chi connectivity index (χ3n) is 2.94. The number of hydrogen-bond acceptors (Lipinski definition) is 3. The molecule has 0 amide bonds. The zero-order valence-electron chi connectivity index (χ0n) is 10.1. The minimum atomic E-state index is -0.279. The molecular weight excluding hydrogens is 176 g/mol. The predicted octanol–water partition coefficient (Wildman–Crippen LogP) is 1.21. The molecule has 86 valence electrons. The summed E-state index contributed by atoms with van der Waals surface area (Å²) in [4.78, 5) is 2.30. The lowest BCUT2D eigenvalue weighted by atomic mass is 9.95. The Hall–Kier alpha value is -0.120. The molecule has 0 aliphatic rings. The molecular formula is C11H26N2O. The lowest BCUT2D eigenvalue weighted by Crippen LogP contribution is -2.53. The molecule has 0 rings (SSSR count). The zero-order valence-corrected chi connectivity index (χ0v) is 10.1. The first kappa shape index (κ1) is 13.9. The summed E-state index contributed by atoms with van der Waals surface area (Å²) in [5.74, 6) is 0. The van der Waals surface area contributed by atoms with Gasteiger partial charge >= 0.3 is 0 Å².